The van der Waals surface area contributed by atoms with Crippen molar-refractivity contribution in [3.05, 3.63) is 64.7 Å². The average molecular weight is 368 g/mol. The smallest absolute Gasteiger partial charge is 0.234 e. The highest BCUT2D eigenvalue weighted by atomic mass is 35.5. The van der Waals surface area contributed by atoms with E-state index in [0.717, 1.165) is 16.5 Å². The molecule has 0 radical (unpaired) electrons. The number of aromatic nitrogens is 1. The van der Waals surface area contributed by atoms with Crippen LogP contribution in [0.2, 0.25) is 5.02 Å². The summed E-state index contributed by atoms with van der Waals surface area (Å²) in [5.74, 6) is 0.00379. The predicted octanol–water partition coefficient (Wildman–Crippen LogP) is 4.80. The van der Waals surface area contributed by atoms with Crippen molar-refractivity contribution in [1.29, 1.82) is 5.26 Å². The molecular weight excluding hydrogens is 354 g/mol. The van der Waals surface area contributed by atoms with Crippen LogP contribution in [0.15, 0.2) is 53.6 Å². The van der Waals surface area contributed by atoms with Gasteiger partial charge in [-0.15, -0.1) is 0 Å². The zero-order valence-electron chi connectivity index (χ0n) is 13.4. The summed E-state index contributed by atoms with van der Waals surface area (Å²) < 4.78 is 0. The van der Waals surface area contributed by atoms with Crippen LogP contribution >= 0.6 is 23.4 Å². The first-order valence-corrected chi connectivity index (χ1v) is 8.91. The number of nitriles is 1. The molecule has 3 aromatic rings. The molecule has 0 aliphatic carbocycles. The molecule has 3 rings (SSSR count). The number of aryl methyl sites for hydroxylation is 1. The summed E-state index contributed by atoms with van der Waals surface area (Å²) in [6, 6.07) is 16.8. The van der Waals surface area contributed by atoms with Gasteiger partial charge in [0.2, 0.25) is 5.91 Å². The molecule has 1 heterocycles. The molecule has 0 fully saturated rings. The van der Waals surface area contributed by atoms with Crippen molar-refractivity contribution in [3.63, 3.8) is 0 Å². The number of amides is 1. The molecule has 124 valence electrons. The van der Waals surface area contributed by atoms with Crippen LogP contribution in [0.3, 0.4) is 0 Å². The fourth-order valence-electron chi connectivity index (χ4n) is 2.31. The molecule has 1 amide bonds. The second-order valence-corrected chi connectivity index (χ2v) is 6.89. The maximum absolute atomic E-state index is 12.1. The number of nitrogens with zero attached hydrogens (tertiary/aromatic N) is 2. The Balaban J connectivity index is 1.74. The van der Waals surface area contributed by atoms with Crippen molar-refractivity contribution < 1.29 is 4.79 Å². The van der Waals surface area contributed by atoms with E-state index in [0.29, 0.717) is 21.3 Å². The van der Waals surface area contributed by atoms with Crippen LogP contribution in [0.5, 0.6) is 0 Å². The number of nitrogens with one attached hydrogen (secondary N) is 1. The van der Waals surface area contributed by atoms with E-state index in [9.17, 15) is 10.1 Å². The van der Waals surface area contributed by atoms with Gasteiger partial charge in [-0.25, -0.2) is 4.98 Å². The number of anilines is 1. The molecule has 1 N–H and O–H groups in total. The lowest BCUT2D eigenvalue weighted by Gasteiger charge is -2.07. The van der Waals surface area contributed by atoms with Crippen molar-refractivity contribution in [2.75, 3.05) is 11.1 Å². The number of fused-ring (bicyclic) bond motifs is 1. The molecule has 6 heteroatoms. The maximum Gasteiger partial charge on any atom is 0.234 e. The highest BCUT2D eigenvalue weighted by Gasteiger charge is 2.11. The van der Waals surface area contributed by atoms with Crippen molar-refractivity contribution in [2.45, 2.75) is 11.9 Å². The first-order chi connectivity index (χ1) is 12.0. The van der Waals surface area contributed by atoms with Crippen molar-refractivity contribution >= 4 is 45.9 Å². The lowest BCUT2D eigenvalue weighted by molar-refractivity contribution is -0.113. The van der Waals surface area contributed by atoms with E-state index in [1.54, 1.807) is 30.3 Å². The SMILES string of the molecule is Cc1ccc2cc(C#N)c(SCC(=O)Nc3ccc(Cl)cc3)nc2c1. The minimum atomic E-state index is -0.164. The van der Waals surface area contributed by atoms with Crippen molar-refractivity contribution in [3.8, 4) is 6.07 Å². The minimum absolute atomic E-state index is 0.164. The molecule has 1 aromatic heterocycles. The van der Waals surface area contributed by atoms with Crippen molar-refractivity contribution in [2.24, 2.45) is 0 Å². The molecule has 0 aliphatic rings. The number of hydrogen-bond donors (Lipinski definition) is 1. The quantitative estimate of drug-likeness (QED) is 0.672. The van der Waals surface area contributed by atoms with Gasteiger partial charge in [-0.1, -0.05) is 35.5 Å². The van der Waals surface area contributed by atoms with Gasteiger partial charge in [0, 0.05) is 16.1 Å². The van der Waals surface area contributed by atoms with Crippen LogP contribution in [0.1, 0.15) is 11.1 Å². The molecule has 25 heavy (non-hydrogen) atoms. The van der Waals surface area contributed by atoms with E-state index in [2.05, 4.69) is 16.4 Å². The number of benzene rings is 2. The normalized spacial score (nSPS) is 10.4. The molecule has 0 saturated heterocycles. The maximum atomic E-state index is 12.1. The zero-order valence-corrected chi connectivity index (χ0v) is 15.0. The third kappa shape index (κ3) is 4.30. The molecule has 0 unspecified atom stereocenters. The van der Waals surface area contributed by atoms with Crippen LogP contribution in [0.25, 0.3) is 10.9 Å². The van der Waals surface area contributed by atoms with Crippen LogP contribution in [0.4, 0.5) is 5.69 Å². The van der Waals surface area contributed by atoms with E-state index in [1.165, 1.54) is 11.8 Å². The van der Waals surface area contributed by atoms with Gasteiger partial charge in [-0.2, -0.15) is 5.26 Å². The summed E-state index contributed by atoms with van der Waals surface area (Å²) in [6.45, 7) is 1.99. The highest BCUT2D eigenvalue weighted by Crippen LogP contribution is 2.25. The lowest BCUT2D eigenvalue weighted by Crippen LogP contribution is -2.14. The molecular formula is C19H14ClN3OS. The van der Waals surface area contributed by atoms with Gasteiger partial charge in [0.25, 0.3) is 0 Å². The summed E-state index contributed by atoms with van der Waals surface area (Å²) in [6.07, 6.45) is 0. The Morgan fingerprint density at radius 1 is 1.24 bits per heavy atom. The van der Waals surface area contributed by atoms with Crippen LogP contribution in [0, 0.1) is 18.3 Å². The van der Waals surface area contributed by atoms with Gasteiger partial charge < -0.3 is 5.32 Å². The topological polar surface area (TPSA) is 65.8 Å². The van der Waals surface area contributed by atoms with Gasteiger partial charge >= 0.3 is 0 Å². The fourth-order valence-corrected chi connectivity index (χ4v) is 3.20. The van der Waals surface area contributed by atoms with Gasteiger partial charge in [-0.05, 0) is 48.9 Å². The zero-order chi connectivity index (χ0) is 17.8. The molecule has 0 atom stereocenters. The van der Waals surface area contributed by atoms with Crippen LogP contribution in [-0.4, -0.2) is 16.6 Å². The number of halogens is 1. The van der Waals surface area contributed by atoms with Crippen LogP contribution < -0.4 is 5.32 Å². The Hall–Kier alpha value is -2.55. The first-order valence-electron chi connectivity index (χ1n) is 7.55. The number of carbonyl (C=O) groups excluding carboxylic acids is 1. The molecule has 0 aliphatic heterocycles. The fraction of sp³-hybridized carbons (Fsp3) is 0.105. The summed E-state index contributed by atoms with van der Waals surface area (Å²) in [4.78, 5) is 16.7. The van der Waals surface area contributed by atoms with E-state index >= 15 is 0 Å². The second-order valence-electron chi connectivity index (χ2n) is 5.49. The molecule has 0 bridgehead atoms. The standard InChI is InChI=1S/C19H14ClN3OS/c1-12-2-3-13-9-14(10-21)19(23-17(13)8-12)25-11-18(24)22-16-6-4-15(20)5-7-16/h2-9H,11H2,1H3,(H,22,24). The number of thioether (sulfide) groups is 1. The van der Waals surface area contributed by atoms with Gasteiger partial charge in [-0.3, -0.25) is 4.79 Å². The number of hydrogen-bond acceptors (Lipinski definition) is 4. The molecule has 2 aromatic carbocycles. The third-order valence-electron chi connectivity index (χ3n) is 3.53. The summed E-state index contributed by atoms with van der Waals surface area (Å²) in [5, 5.41) is 14.2. The Labute approximate surface area is 154 Å². The second kappa shape index (κ2) is 7.56. The monoisotopic (exact) mass is 367 g/mol. The minimum Gasteiger partial charge on any atom is -0.325 e. The predicted molar refractivity (Wildman–Crippen MR) is 102 cm³/mol. The molecule has 0 saturated carbocycles. The Morgan fingerprint density at radius 2 is 2.00 bits per heavy atom. The molecule has 4 nitrogen and oxygen atoms in total. The highest BCUT2D eigenvalue weighted by molar-refractivity contribution is 8.00. The van der Waals surface area contributed by atoms with E-state index < -0.39 is 0 Å². The summed E-state index contributed by atoms with van der Waals surface area (Å²) in [5.41, 5.74) is 3.07. The Kier molecular flexibility index (Phi) is 5.22. The van der Waals surface area contributed by atoms with Crippen molar-refractivity contribution in [1.82, 2.24) is 4.98 Å². The van der Waals surface area contributed by atoms with Gasteiger partial charge in [0.15, 0.2) is 0 Å². The van der Waals surface area contributed by atoms with Gasteiger partial charge in [0.1, 0.15) is 11.1 Å². The van der Waals surface area contributed by atoms with E-state index in [-0.39, 0.29) is 11.7 Å². The summed E-state index contributed by atoms with van der Waals surface area (Å²) >= 11 is 7.08. The van der Waals surface area contributed by atoms with E-state index in [4.69, 9.17) is 11.6 Å². The summed E-state index contributed by atoms with van der Waals surface area (Å²) in [7, 11) is 0. The Morgan fingerprint density at radius 3 is 2.72 bits per heavy atom. The Bertz CT molecular complexity index is 980. The third-order valence-corrected chi connectivity index (χ3v) is 4.77. The number of pyridine rings is 1. The van der Waals surface area contributed by atoms with E-state index in [1.807, 2.05) is 25.1 Å². The number of rotatable bonds is 4. The largest absolute Gasteiger partial charge is 0.325 e. The van der Waals surface area contributed by atoms with Crippen LogP contribution in [-0.2, 0) is 4.79 Å². The number of carbonyl (C=O) groups is 1. The lowest BCUT2D eigenvalue weighted by atomic mass is 10.1. The molecule has 0 spiro atoms. The van der Waals surface area contributed by atoms with Gasteiger partial charge in [0.05, 0.1) is 16.8 Å². The first kappa shape index (κ1) is 17.3. The average Bonchev–Trinajstić information content (AvgIpc) is 2.61.